The summed E-state index contributed by atoms with van der Waals surface area (Å²) in [6.45, 7) is 12.2. The highest BCUT2D eigenvalue weighted by Gasteiger charge is 2.52. The highest BCUT2D eigenvalue weighted by Crippen LogP contribution is 2.41. The van der Waals surface area contributed by atoms with Gasteiger partial charge in [0.2, 0.25) is 0 Å². The van der Waals surface area contributed by atoms with Crippen LogP contribution in [0.15, 0.2) is 18.2 Å². The number of pyridine rings is 1. The van der Waals surface area contributed by atoms with Gasteiger partial charge in [0.1, 0.15) is 0 Å². The second-order valence-corrected chi connectivity index (χ2v) is 7.41. The lowest BCUT2D eigenvalue weighted by Gasteiger charge is -2.31. The summed E-state index contributed by atoms with van der Waals surface area (Å²) in [4.78, 5) is 6.86. The molecule has 1 aromatic heterocycles. The largest absolute Gasteiger partial charge is 0.368 e. The van der Waals surface area contributed by atoms with Gasteiger partial charge < -0.3 is 15.4 Å². The average molecular weight is 291 g/mol. The smallest absolute Gasteiger partial charge is 0.0788 e. The molecule has 2 rings (SSSR count). The molecule has 0 aromatic carbocycles. The van der Waals surface area contributed by atoms with Gasteiger partial charge >= 0.3 is 0 Å². The zero-order valence-electron chi connectivity index (χ0n) is 14.2. The molecule has 0 bridgehead atoms. The maximum absolute atomic E-state index is 6.43. The molecule has 2 unspecified atom stereocenters. The number of hydrogen-bond acceptors (Lipinski definition) is 4. The normalized spacial score (nSPS) is 27.2. The van der Waals surface area contributed by atoms with Gasteiger partial charge in [0.15, 0.2) is 0 Å². The van der Waals surface area contributed by atoms with Crippen molar-refractivity contribution in [3.05, 3.63) is 29.6 Å². The number of aromatic nitrogens is 1. The number of ether oxygens (including phenoxy) is 1. The van der Waals surface area contributed by atoms with Crippen molar-refractivity contribution in [1.29, 1.82) is 0 Å². The molecule has 4 nitrogen and oxygen atoms in total. The zero-order chi connectivity index (χ0) is 15.8. The van der Waals surface area contributed by atoms with Crippen molar-refractivity contribution in [3.63, 3.8) is 0 Å². The van der Waals surface area contributed by atoms with E-state index in [1.165, 1.54) is 0 Å². The number of hydrogen-bond donors (Lipinski definition) is 1. The molecule has 2 heterocycles. The summed E-state index contributed by atoms with van der Waals surface area (Å²) in [5, 5.41) is 0. The van der Waals surface area contributed by atoms with Crippen LogP contribution in [0.4, 0.5) is 0 Å². The molecule has 0 amide bonds. The molecule has 2 N–H and O–H groups in total. The number of aryl methyl sites for hydroxylation is 1. The molecule has 1 fully saturated rings. The SMILES string of the molecule is Cc1cccc(CN(C)CC2C(N)C(C)(C)OC2(C)C)n1. The quantitative estimate of drug-likeness (QED) is 0.925. The summed E-state index contributed by atoms with van der Waals surface area (Å²) in [5.41, 5.74) is 8.12. The highest BCUT2D eigenvalue weighted by atomic mass is 16.5. The molecule has 21 heavy (non-hydrogen) atoms. The monoisotopic (exact) mass is 291 g/mol. The van der Waals surface area contributed by atoms with Crippen LogP contribution in [-0.4, -0.2) is 40.7 Å². The summed E-state index contributed by atoms with van der Waals surface area (Å²) >= 11 is 0. The van der Waals surface area contributed by atoms with E-state index in [9.17, 15) is 0 Å². The third-order valence-corrected chi connectivity index (χ3v) is 4.54. The summed E-state index contributed by atoms with van der Waals surface area (Å²) < 4.78 is 6.16. The number of nitrogens with zero attached hydrogens (tertiary/aromatic N) is 2. The third kappa shape index (κ3) is 3.62. The van der Waals surface area contributed by atoms with E-state index in [0.717, 1.165) is 24.5 Å². The average Bonchev–Trinajstić information content (AvgIpc) is 2.47. The lowest BCUT2D eigenvalue weighted by molar-refractivity contribution is -0.0782. The van der Waals surface area contributed by atoms with Gasteiger partial charge in [-0.3, -0.25) is 4.98 Å². The van der Waals surface area contributed by atoms with E-state index in [-0.39, 0.29) is 17.2 Å². The molecule has 1 saturated heterocycles. The third-order valence-electron chi connectivity index (χ3n) is 4.54. The van der Waals surface area contributed by atoms with Gasteiger partial charge in [-0.1, -0.05) is 6.07 Å². The molecular formula is C17H29N3O. The Labute approximate surface area is 128 Å². The van der Waals surface area contributed by atoms with E-state index in [1.807, 2.05) is 13.0 Å². The van der Waals surface area contributed by atoms with Crippen LogP contribution >= 0.6 is 0 Å². The van der Waals surface area contributed by atoms with Crippen LogP contribution in [0.1, 0.15) is 39.1 Å². The molecular weight excluding hydrogens is 262 g/mol. The zero-order valence-corrected chi connectivity index (χ0v) is 14.2. The number of rotatable bonds is 4. The Morgan fingerprint density at radius 2 is 1.90 bits per heavy atom. The van der Waals surface area contributed by atoms with E-state index in [4.69, 9.17) is 10.5 Å². The first-order valence-corrected chi connectivity index (χ1v) is 7.68. The van der Waals surface area contributed by atoms with Crippen LogP contribution in [0.5, 0.6) is 0 Å². The minimum absolute atomic E-state index is 0.0421. The Balaban J connectivity index is 2.04. The molecule has 0 spiro atoms. The molecule has 4 heteroatoms. The summed E-state index contributed by atoms with van der Waals surface area (Å²) in [7, 11) is 2.12. The Kier molecular flexibility index (Phi) is 4.43. The Hall–Kier alpha value is -0.970. The second kappa shape index (κ2) is 5.67. The van der Waals surface area contributed by atoms with Crippen molar-refractivity contribution in [2.24, 2.45) is 11.7 Å². The van der Waals surface area contributed by atoms with Crippen molar-refractivity contribution in [1.82, 2.24) is 9.88 Å². The van der Waals surface area contributed by atoms with Crippen molar-refractivity contribution in [2.45, 2.75) is 58.4 Å². The Morgan fingerprint density at radius 1 is 1.24 bits per heavy atom. The van der Waals surface area contributed by atoms with E-state index in [1.54, 1.807) is 0 Å². The molecule has 1 aliphatic rings. The predicted molar refractivity (Wildman–Crippen MR) is 86.0 cm³/mol. The molecule has 1 aliphatic heterocycles. The van der Waals surface area contributed by atoms with Crippen LogP contribution in [0, 0.1) is 12.8 Å². The molecule has 118 valence electrons. The van der Waals surface area contributed by atoms with Crippen LogP contribution in [0.25, 0.3) is 0 Å². The van der Waals surface area contributed by atoms with Gasteiger partial charge in [-0.2, -0.15) is 0 Å². The van der Waals surface area contributed by atoms with Crippen molar-refractivity contribution >= 4 is 0 Å². The fourth-order valence-corrected chi connectivity index (χ4v) is 3.44. The van der Waals surface area contributed by atoms with Crippen molar-refractivity contribution in [2.75, 3.05) is 13.6 Å². The summed E-state index contributed by atoms with van der Waals surface area (Å²) in [6, 6.07) is 6.20. The van der Waals surface area contributed by atoms with Gasteiger partial charge in [0.05, 0.1) is 16.9 Å². The fraction of sp³-hybridized carbons (Fsp3) is 0.706. The maximum Gasteiger partial charge on any atom is 0.0788 e. The second-order valence-electron chi connectivity index (χ2n) is 7.41. The van der Waals surface area contributed by atoms with Crippen LogP contribution < -0.4 is 5.73 Å². The topological polar surface area (TPSA) is 51.4 Å². The predicted octanol–water partition coefficient (Wildman–Crippen LogP) is 2.35. The minimum atomic E-state index is -0.267. The van der Waals surface area contributed by atoms with Gasteiger partial charge in [-0.15, -0.1) is 0 Å². The standard InChI is InChI=1S/C17H29N3O/c1-12-8-7-9-13(19-12)10-20(6)11-14-15(18)17(4,5)21-16(14,2)3/h7-9,14-15H,10-11,18H2,1-6H3. The van der Waals surface area contributed by atoms with E-state index >= 15 is 0 Å². The molecule has 2 atom stereocenters. The molecule has 0 saturated carbocycles. The lowest BCUT2D eigenvalue weighted by atomic mass is 9.83. The van der Waals surface area contributed by atoms with Crippen molar-refractivity contribution < 1.29 is 4.74 Å². The number of nitrogens with two attached hydrogens (primary N) is 1. The highest BCUT2D eigenvalue weighted by molar-refractivity contribution is 5.10. The van der Waals surface area contributed by atoms with Gasteiger partial charge in [-0.05, 0) is 53.8 Å². The van der Waals surface area contributed by atoms with E-state index in [0.29, 0.717) is 5.92 Å². The fourth-order valence-electron chi connectivity index (χ4n) is 3.44. The van der Waals surface area contributed by atoms with Crippen molar-refractivity contribution in [3.8, 4) is 0 Å². The molecule has 1 aromatic rings. The Morgan fingerprint density at radius 3 is 2.43 bits per heavy atom. The van der Waals surface area contributed by atoms with E-state index < -0.39 is 0 Å². The van der Waals surface area contributed by atoms with Crippen LogP contribution in [0.3, 0.4) is 0 Å². The van der Waals surface area contributed by atoms with Gasteiger partial charge in [-0.25, -0.2) is 0 Å². The Bertz CT molecular complexity index is 499. The first-order chi connectivity index (χ1) is 9.62. The lowest BCUT2D eigenvalue weighted by Crippen LogP contribution is -2.47. The summed E-state index contributed by atoms with van der Waals surface area (Å²) in [5.74, 6) is 0.308. The molecule has 0 radical (unpaired) electrons. The summed E-state index contributed by atoms with van der Waals surface area (Å²) in [6.07, 6.45) is 0. The molecule has 0 aliphatic carbocycles. The van der Waals surface area contributed by atoms with Gasteiger partial charge in [0, 0.05) is 30.7 Å². The van der Waals surface area contributed by atoms with E-state index in [2.05, 4.69) is 56.8 Å². The first kappa shape index (κ1) is 16.4. The first-order valence-electron chi connectivity index (χ1n) is 7.68. The van der Waals surface area contributed by atoms with Gasteiger partial charge in [0.25, 0.3) is 0 Å². The minimum Gasteiger partial charge on any atom is -0.368 e. The maximum atomic E-state index is 6.43. The van der Waals surface area contributed by atoms with Crippen LogP contribution in [0.2, 0.25) is 0 Å². The van der Waals surface area contributed by atoms with Crippen LogP contribution in [-0.2, 0) is 11.3 Å².